The van der Waals surface area contributed by atoms with Crippen LogP contribution in [0.25, 0.3) is 0 Å². The maximum Gasteiger partial charge on any atom is 0.446 e. The summed E-state index contributed by atoms with van der Waals surface area (Å²) in [5.74, 6) is -1.33. The molecule has 1 aliphatic rings. The van der Waals surface area contributed by atoms with Gasteiger partial charge in [-0.05, 0) is 25.5 Å². The van der Waals surface area contributed by atoms with Gasteiger partial charge < -0.3 is 5.32 Å². The van der Waals surface area contributed by atoms with Crippen molar-refractivity contribution in [2.24, 2.45) is 0 Å². The quantitative estimate of drug-likeness (QED) is 0.867. The number of allylic oxidation sites excluding steroid dienone is 1. The molecule has 0 aromatic carbocycles. The van der Waals surface area contributed by atoms with Crippen LogP contribution in [0.1, 0.15) is 12.5 Å². The van der Waals surface area contributed by atoms with Gasteiger partial charge in [-0.1, -0.05) is 0 Å². The standard InChI is InChI=1S/C13H11F3N4O/c1-7-3-4-18-10(5-7)20-12(13(14,15)16)9(6-17)8(2)19-11(12)21/h3-5H,1-2H3,(H,18,20)(H,19,21)/p+1/t12-/m0/s1. The predicted molar refractivity (Wildman–Crippen MR) is 66.6 cm³/mol. The molecule has 0 saturated carbocycles. The van der Waals surface area contributed by atoms with E-state index in [4.69, 9.17) is 5.26 Å². The monoisotopic (exact) mass is 297 g/mol. The number of pyridine rings is 1. The molecule has 0 bridgehead atoms. The maximum absolute atomic E-state index is 13.5. The van der Waals surface area contributed by atoms with Crippen LogP contribution in [-0.2, 0) is 4.79 Å². The van der Waals surface area contributed by atoms with Crippen molar-refractivity contribution >= 4 is 11.7 Å². The molecule has 1 aliphatic heterocycles. The Kier molecular flexibility index (Phi) is 3.37. The molecule has 21 heavy (non-hydrogen) atoms. The molecule has 8 heteroatoms. The van der Waals surface area contributed by atoms with Gasteiger partial charge in [-0.25, -0.2) is 10.3 Å². The Morgan fingerprint density at radius 3 is 2.62 bits per heavy atom. The third-order valence-electron chi connectivity index (χ3n) is 3.21. The van der Waals surface area contributed by atoms with Crippen molar-refractivity contribution < 1.29 is 22.9 Å². The van der Waals surface area contributed by atoms with E-state index in [0.717, 1.165) is 0 Å². The molecule has 1 aromatic rings. The van der Waals surface area contributed by atoms with Crippen molar-refractivity contribution in [3.63, 3.8) is 0 Å². The molecule has 2 heterocycles. The largest absolute Gasteiger partial charge is 0.446 e. The Bertz CT molecular complexity index is 675. The van der Waals surface area contributed by atoms with E-state index in [9.17, 15) is 18.0 Å². The number of rotatable bonds is 2. The highest BCUT2D eigenvalue weighted by molar-refractivity contribution is 5.99. The summed E-state index contributed by atoms with van der Waals surface area (Å²) in [6.07, 6.45) is -3.53. The molecular weight excluding hydrogens is 285 g/mol. The molecule has 0 aliphatic carbocycles. The highest BCUT2D eigenvalue weighted by Crippen LogP contribution is 2.42. The summed E-state index contributed by atoms with van der Waals surface area (Å²) in [6.45, 7) is 2.95. The van der Waals surface area contributed by atoms with Gasteiger partial charge in [0.25, 0.3) is 11.7 Å². The third-order valence-corrected chi connectivity index (χ3v) is 3.21. The lowest BCUT2D eigenvalue weighted by atomic mass is 9.90. The second-order valence-corrected chi connectivity index (χ2v) is 4.72. The molecule has 0 saturated heterocycles. The molecule has 3 N–H and O–H groups in total. The van der Waals surface area contributed by atoms with E-state index >= 15 is 0 Å². The molecular formula is C13H12F3N4O+. The van der Waals surface area contributed by atoms with Gasteiger partial charge in [0.05, 0.1) is 6.20 Å². The molecule has 0 unspecified atom stereocenters. The maximum atomic E-state index is 13.5. The summed E-state index contributed by atoms with van der Waals surface area (Å²) in [6, 6.07) is 4.56. The van der Waals surface area contributed by atoms with Gasteiger partial charge in [0.1, 0.15) is 11.6 Å². The number of nitriles is 1. The molecule has 5 nitrogen and oxygen atoms in total. The van der Waals surface area contributed by atoms with Crippen LogP contribution in [0.5, 0.6) is 0 Å². The number of halogens is 3. The van der Waals surface area contributed by atoms with Crippen molar-refractivity contribution in [2.45, 2.75) is 25.6 Å². The molecule has 110 valence electrons. The van der Waals surface area contributed by atoms with Gasteiger partial charge in [0.2, 0.25) is 0 Å². The van der Waals surface area contributed by atoms with E-state index < -0.39 is 23.2 Å². The van der Waals surface area contributed by atoms with Gasteiger partial charge in [0.15, 0.2) is 0 Å². The minimum atomic E-state index is -4.97. The van der Waals surface area contributed by atoms with E-state index in [1.54, 1.807) is 13.0 Å². The smallest absolute Gasteiger partial charge is 0.324 e. The van der Waals surface area contributed by atoms with Crippen molar-refractivity contribution in [3.05, 3.63) is 35.2 Å². The summed E-state index contributed by atoms with van der Waals surface area (Å²) in [7, 11) is 0. The van der Waals surface area contributed by atoms with Gasteiger partial charge in [0, 0.05) is 11.8 Å². The summed E-state index contributed by atoms with van der Waals surface area (Å²) in [4.78, 5) is 14.5. The number of alkyl halides is 3. The summed E-state index contributed by atoms with van der Waals surface area (Å²) >= 11 is 0. The number of carbonyl (C=O) groups is 1. The number of aromatic nitrogens is 1. The number of nitrogens with zero attached hydrogens (tertiary/aromatic N) is 1. The Hall–Kier alpha value is -2.56. The number of amides is 1. The number of H-pyrrole nitrogens is 1. The summed E-state index contributed by atoms with van der Waals surface area (Å²) in [5.41, 5.74) is -3.18. The Morgan fingerprint density at radius 2 is 2.10 bits per heavy atom. The van der Waals surface area contributed by atoms with Crippen LogP contribution in [-0.4, -0.2) is 17.6 Å². The van der Waals surface area contributed by atoms with Gasteiger partial charge in [-0.15, -0.1) is 0 Å². The van der Waals surface area contributed by atoms with Crippen LogP contribution < -0.4 is 15.6 Å². The second kappa shape index (κ2) is 4.77. The Morgan fingerprint density at radius 1 is 1.43 bits per heavy atom. The first-order chi connectivity index (χ1) is 9.72. The van der Waals surface area contributed by atoms with E-state index in [1.807, 2.05) is 0 Å². The molecule has 1 atom stereocenters. The minimum absolute atomic E-state index is 0.00933. The first-order valence-electron chi connectivity index (χ1n) is 5.98. The zero-order valence-electron chi connectivity index (χ0n) is 11.2. The Balaban J connectivity index is 2.60. The lowest BCUT2D eigenvalue weighted by Gasteiger charge is -2.26. The number of carbonyl (C=O) groups excluding carboxylic acids is 1. The number of hydrogen-bond acceptors (Lipinski definition) is 3. The van der Waals surface area contributed by atoms with Gasteiger partial charge in [-0.3, -0.25) is 4.79 Å². The highest BCUT2D eigenvalue weighted by atomic mass is 19.4. The lowest BCUT2D eigenvalue weighted by molar-refractivity contribution is -0.362. The van der Waals surface area contributed by atoms with Crippen LogP contribution in [0.2, 0.25) is 0 Å². The highest BCUT2D eigenvalue weighted by Gasteiger charge is 2.70. The second-order valence-electron chi connectivity index (χ2n) is 4.72. The van der Waals surface area contributed by atoms with Crippen LogP contribution in [0, 0.1) is 18.3 Å². The summed E-state index contributed by atoms with van der Waals surface area (Å²) in [5, 5.41) is 13.3. The lowest BCUT2D eigenvalue weighted by Crippen LogP contribution is -2.59. The SMILES string of the molecule is CC1=C(C#N)[C@@](Nc2cc(C)cc[nH+]2)(C(F)(F)F)C(=O)N1. The van der Waals surface area contributed by atoms with Crippen molar-refractivity contribution in [1.82, 2.24) is 5.32 Å². The number of hydrogen-bond donors (Lipinski definition) is 2. The molecule has 0 spiro atoms. The van der Waals surface area contributed by atoms with E-state index in [0.29, 0.717) is 5.56 Å². The zero-order valence-corrected chi connectivity index (χ0v) is 11.2. The normalized spacial score (nSPS) is 22.0. The van der Waals surface area contributed by atoms with Crippen molar-refractivity contribution in [1.29, 1.82) is 5.26 Å². The zero-order chi connectivity index (χ0) is 15.8. The van der Waals surface area contributed by atoms with Crippen molar-refractivity contribution in [3.8, 4) is 6.07 Å². The first-order valence-corrected chi connectivity index (χ1v) is 5.98. The molecule has 0 radical (unpaired) electrons. The van der Waals surface area contributed by atoms with Crippen LogP contribution >= 0.6 is 0 Å². The fourth-order valence-electron chi connectivity index (χ4n) is 2.20. The third kappa shape index (κ3) is 2.20. The fraction of sp³-hybridized carbons (Fsp3) is 0.308. The minimum Gasteiger partial charge on any atom is -0.324 e. The predicted octanol–water partition coefficient (Wildman–Crippen LogP) is 1.45. The number of anilines is 1. The Labute approximate surface area is 118 Å². The van der Waals surface area contributed by atoms with Gasteiger partial charge in [-0.2, -0.15) is 18.4 Å². The topological polar surface area (TPSA) is 79.1 Å². The van der Waals surface area contributed by atoms with Crippen molar-refractivity contribution in [2.75, 3.05) is 5.32 Å². The van der Waals surface area contributed by atoms with Gasteiger partial charge >= 0.3 is 11.7 Å². The molecule has 1 amide bonds. The number of nitrogens with one attached hydrogen (secondary N) is 3. The van der Waals surface area contributed by atoms with Crippen LogP contribution in [0.4, 0.5) is 19.0 Å². The average molecular weight is 297 g/mol. The van der Waals surface area contributed by atoms with Crippen LogP contribution in [0.3, 0.4) is 0 Å². The number of aromatic amines is 1. The molecule has 2 rings (SSSR count). The first kappa shape index (κ1) is 14.8. The van der Waals surface area contributed by atoms with E-state index in [2.05, 4.69) is 15.6 Å². The van der Waals surface area contributed by atoms with E-state index in [1.165, 1.54) is 25.3 Å². The average Bonchev–Trinajstić information content (AvgIpc) is 2.60. The molecule has 0 fully saturated rings. The number of aryl methyl sites for hydroxylation is 1. The van der Waals surface area contributed by atoms with E-state index in [-0.39, 0.29) is 11.5 Å². The molecule has 1 aromatic heterocycles. The van der Waals surface area contributed by atoms with Crippen LogP contribution in [0.15, 0.2) is 29.6 Å². The fourth-order valence-corrected chi connectivity index (χ4v) is 2.20. The summed E-state index contributed by atoms with van der Waals surface area (Å²) < 4.78 is 40.6.